The molecular formula is C11H18O6. The van der Waals surface area contributed by atoms with E-state index in [2.05, 4.69) is 4.74 Å². The maximum absolute atomic E-state index is 11.1. The summed E-state index contributed by atoms with van der Waals surface area (Å²) in [7, 11) is 0. The predicted molar refractivity (Wildman–Crippen MR) is 59.9 cm³/mol. The van der Waals surface area contributed by atoms with Crippen LogP contribution in [0.1, 0.15) is 19.8 Å². The third kappa shape index (κ3) is 6.72. The van der Waals surface area contributed by atoms with Crippen molar-refractivity contribution in [3.8, 4) is 0 Å². The Morgan fingerprint density at radius 3 is 2.41 bits per heavy atom. The van der Waals surface area contributed by atoms with Gasteiger partial charge in [0, 0.05) is 6.61 Å². The van der Waals surface area contributed by atoms with Gasteiger partial charge < -0.3 is 24.8 Å². The van der Waals surface area contributed by atoms with Gasteiger partial charge in [-0.1, -0.05) is 6.92 Å². The molecule has 0 aromatic carbocycles. The van der Waals surface area contributed by atoms with Crippen molar-refractivity contribution in [2.45, 2.75) is 19.8 Å². The van der Waals surface area contributed by atoms with Crippen LogP contribution in [0, 0.1) is 0 Å². The molecule has 98 valence electrons. The minimum atomic E-state index is -0.998. The Kier molecular flexibility index (Phi) is 9.04. The molecule has 0 aromatic heterocycles. The number of rotatable bonds is 7. The van der Waals surface area contributed by atoms with Crippen LogP contribution in [-0.2, 0) is 9.47 Å². The maximum atomic E-state index is 11.1. The zero-order valence-electron chi connectivity index (χ0n) is 9.76. The number of carbonyl (C=O) groups excluding carboxylic acids is 1. The van der Waals surface area contributed by atoms with Crippen molar-refractivity contribution < 1.29 is 29.6 Å². The largest absolute Gasteiger partial charge is 0.518 e. The van der Waals surface area contributed by atoms with Gasteiger partial charge in [-0.15, -0.1) is 0 Å². The molecular weight excluding hydrogens is 228 g/mol. The fraction of sp³-hybridized carbons (Fsp3) is 0.545. The Morgan fingerprint density at radius 2 is 1.94 bits per heavy atom. The topological polar surface area (TPSA) is 96.2 Å². The second-order valence-electron chi connectivity index (χ2n) is 3.07. The molecule has 0 aliphatic carbocycles. The summed E-state index contributed by atoms with van der Waals surface area (Å²) in [5.41, 5.74) is 0.256. The fourth-order valence-electron chi connectivity index (χ4n) is 0.982. The van der Waals surface area contributed by atoms with Gasteiger partial charge in [0.25, 0.3) is 0 Å². The first kappa shape index (κ1) is 15.6. The van der Waals surface area contributed by atoms with Gasteiger partial charge in [-0.2, -0.15) is 0 Å². The van der Waals surface area contributed by atoms with Crippen LogP contribution in [0.25, 0.3) is 0 Å². The number of hydrogen-bond donors (Lipinski definition) is 3. The van der Waals surface area contributed by atoms with E-state index in [1.165, 1.54) is 6.26 Å². The smallest absolute Gasteiger partial charge is 0.403 e. The van der Waals surface area contributed by atoms with E-state index in [9.17, 15) is 4.79 Å². The van der Waals surface area contributed by atoms with Gasteiger partial charge in [-0.3, -0.25) is 0 Å². The van der Waals surface area contributed by atoms with Crippen molar-refractivity contribution in [2.24, 2.45) is 0 Å². The first-order chi connectivity index (χ1) is 8.19. The van der Waals surface area contributed by atoms with Gasteiger partial charge >= 0.3 is 6.16 Å². The summed E-state index contributed by atoms with van der Waals surface area (Å²) in [5.74, 6) is -0.101. The van der Waals surface area contributed by atoms with Crippen LogP contribution in [0.3, 0.4) is 0 Å². The van der Waals surface area contributed by atoms with Crippen LogP contribution < -0.4 is 0 Å². The zero-order chi connectivity index (χ0) is 13.1. The summed E-state index contributed by atoms with van der Waals surface area (Å²) in [4.78, 5) is 11.1. The van der Waals surface area contributed by atoms with Gasteiger partial charge in [-0.25, -0.2) is 4.79 Å². The molecule has 0 saturated heterocycles. The molecule has 0 aliphatic rings. The molecule has 0 saturated carbocycles. The lowest BCUT2D eigenvalue weighted by atomic mass is 10.2. The van der Waals surface area contributed by atoms with Crippen molar-refractivity contribution >= 4 is 6.16 Å². The van der Waals surface area contributed by atoms with Gasteiger partial charge in [-0.05, 0) is 24.5 Å². The van der Waals surface area contributed by atoms with Gasteiger partial charge in [0.15, 0.2) is 0 Å². The van der Waals surface area contributed by atoms with Crippen LogP contribution in [0.2, 0.25) is 0 Å². The van der Waals surface area contributed by atoms with Crippen LogP contribution in [0.4, 0.5) is 4.79 Å². The molecule has 0 spiro atoms. The van der Waals surface area contributed by atoms with Crippen molar-refractivity contribution in [1.29, 1.82) is 0 Å². The number of hydrogen-bond acceptors (Lipinski definition) is 6. The molecule has 0 aliphatic heterocycles. The van der Waals surface area contributed by atoms with Crippen LogP contribution >= 0.6 is 0 Å². The SMILES string of the molecule is CCC=COC(=O)OC(CO)=C(CO)CCO. The minimum Gasteiger partial charge on any atom is -0.403 e. The lowest BCUT2D eigenvalue weighted by Crippen LogP contribution is -2.11. The molecule has 6 heteroatoms. The number of carbonyl (C=O) groups is 1. The summed E-state index contributed by atoms with van der Waals surface area (Å²) >= 11 is 0. The summed E-state index contributed by atoms with van der Waals surface area (Å²) in [6.45, 7) is 0.694. The van der Waals surface area contributed by atoms with E-state index >= 15 is 0 Å². The first-order valence-electron chi connectivity index (χ1n) is 5.26. The third-order valence-corrected chi connectivity index (χ3v) is 1.85. The van der Waals surface area contributed by atoms with Crippen molar-refractivity contribution in [3.63, 3.8) is 0 Å². The Hall–Kier alpha value is -1.37. The van der Waals surface area contributed by atoms with Crippen LogP contribution in [0.5, 0.6) is 0 Å². The molecule has 3 N–H and O–H groups in total. The predicted octanol–water partition coefficient (Wildman–Crippen LogP) is 0.684. The fourth-order valence-corrected chi connectivity index (χ4v) is 0.982. The van der Waals surface area contributed by atoms with Gasteiger partial charge in [0.05, 0.1) is 12.9 Å². The van der Waals surface area contributed by atoms with Crippen molar-refractivity contribution in [1.82, 2.24) is 0 Å². The van der Waals surface area contributed by atoms with E-state index in [1.807, 2.05) is 6.92 Å². The number of aliphatic hydroxyl groups excluding tert-OH is 3. The Bertz CT molecular complexity index is 282. The van der Waals surface area contributed by atoms with Gasteiger partial charge in [0.2, 0.25) is 0 Å². The van der Waals surface area contributed by atoms with Crippen molar-refractivity contribution in [2.75, 3.05) is 19.8 Å². The van der Waals surface area contributed by atoms with Crippen LogP contribution in [-0.4, -0.2) is 41.3 Å². The van der Waals surface area contributed by atoms with E-state index < -0.39 is 19.4 Å². The molecule has 0 bridgehead atoms. The summed E-state index contributed by atoms with van der Waals surface area (Å²) in [5, 5.41) is 26.6. The number of allylic oxidation sites excluding steroid dienone is 1. The zero-order valence-corrected chi connectivity index (χ0v) is 9.76. The summed E-state index contributed by atoms with van der Waals surface area (Å²) in [6, 6.07) is 0. The van der Waals surface area contributed by atoms with Crippen LogP contribution in [0.15, 0.2) is 23.7 Å². The number of aliphatic hydroxyl groups is 3. The Morgan fingerprint density at radius 1 is 1.24 bits per heavy atom. The number of ether oxygens (including phenoxy) is 2. The first-order valence-corrected chi connectivity index (χ1v) is 5.26. The third-order valence-electron chi connectivity index (χ3n) is 1.85. The van der Waals surface area contributed by atoms with E-state index in [4.69, 9.17) is 20.1 Å². The normalized spacial score (nSPS) is 12.5. The van der Waals surface area contributed by atoms with Crippen molar-refractivity contribution in [3.05, 3.63) is 23.7 Å². The molecule has 6 nitrogen and oxygen atoms in total. The molecule has 0 fully saturated rings. The molecule has 0 aromatic rings. The highest BCUT2D eigenvalue weighted by Gasteiger charge is 2.12. The van der Waals surface area contributed by atoms with E-state index in [-0.39, 0.29) is 24.4 Å². The molecule has 0 heterocycles. The average Bonchev–Trinajstić information content (AvgIpc) is 2.33. The molecule has 0 atom stereocenters. The van der Waals surface area contributed by atoms with E-state index in [0.29, 0.717) is 6.42 Å². The second kappa shape index (κ2) is 9.83. The average molecular weight is 246 g/mol. The highest BCUT2D eigenvalue weighted by Crippen LogP contribution is 2.10. The van der Waals surface area contributed by atoms with Gasteiger partial charge in [0.1, 0.15) is 12.4 Å². The molecule has 0 radical (unpaired) electrons. The lowest BCUT2D eigenvalue weighted by Gasteiger charge is -2.10. The standard InChI is InChI=1S/C11H18O6/c1-2-3-6-16-11(15)17-10(8-14)9(7-13)4-5-12/h3,6,12-14H,2,4-5,7-8H2,1H3. The van der Waals surface area contributed by atoms with E-state index in [0.717, 1.165) is 0 Å². The maximum Gasteiger partial charge on any atom is 0.518 e. The summed E-state index contributed by atoms with van der Waals surface area (Å²) in [6.07, 6.45) is 2.63. The summed E-state index contributed by atoms with van der Waals surface area (Å²) < 4.78 is 9.25. The minimum absolute atomic E-state index is 0.101. The Balaban J connectivity index is 4.46. The van der Waals surface area contributed by atoms with E-state index in [1.54, 1.807) is 6.08 Å². The molecule has 0 amide bonds. The quantitative estimate of drug-likeness (QED) is 0.451. The molecule has 0 rings (SSSR count). The monoisotopic (exact) mass is 246 g/mol. The molecule has 0 unspecified atom stereocenters. The lowest BCUT2D eigenvalue weighted by molar-refractivity contribution is 0.0959. The second-order valence-corrected chi connectivity index (χ2v) is 3.07. The molecule has 17 heavy (non-hydrogen) atoms. The Labute approximate surface area is 99.8 Å². The highest BCUT2D eigenvalue weighted by molar-refractivity contribution is 5.62. The highest BCUT2D eigenvalue weighted by atomic mass is 16.7.